The van der Waals surface area contributed by atoms with E-state index in [1.807, 2.05) is 68.4 Å². The van der Waals surface area contributed by atoms with E-state index in [0.29, 0.717) is 5.56 Å². The van der Waals surface area contributed by atoms with Crippen LogP contribution in [0.3, 0.4) is 0 Å². The van der Waals surface area contributed by atoms with Crippen LogP contribution in [0, 0.1) is 13.8 Å². The Balaban J connectivity index is 1.65. The van der Waals surface area contributed by atoms with E-state index in [1.165, 1.54) is 0 Å². The second-order valence-electron chi connectivity index (χ2n) is 6.14. The molecule has 0 saturated carbocycles. The van der Waals surface area contributed by atoms with E-state index >= 15 is 0 Å². The van der Waals surface area contributed by atoms with Gasteiger partial charge in [0.2, 0.25) is 5.91 Å². The number of carbonyl (C=O) groups excluding carboxylic acids is 2. The molecule has 0 aliphatic rings. The molecule has 3 aromatic carbocycles. The Morgan fingerprint density at radius 2 is 1.64 bits per heavy atom. The summed E-state index contributed by atoms with van der Waals surface area (Å²) in [6.07, 6.45) is 0.203. The predicted octanol–water partition coefficient (Wildman–Crippen LogP) is 3.46. The first-order chi connectivity index (χ1) is 12.0. The number of benzene rings is 3. The zero-order valence-corrected chi connectivity index (χ0v) is 14.3. The SMILES string of the molecule is Cc1ccc(C(=O)NNC(=O)Cc2cccc3ccccc23)c(C)c1. The number of hydrazine groups is 1. The number of hydrogen-bond donors (Lipinski definition) is 2. The monoisotopic (exact) mass is 332 g/mol. The van der Waals surface area contributed by atoms with Crippen molar-refractivity contribution < 1.29 is 9.59 Å². The number of fused-ring (bicyclic) bond motifs is 1. The highest BCUT2D eigenvalue weighted by atomic mass is 16.2. The van der Waals surface area contributed by atoms with Gasteiger partial charge in [0.05, 0.1) is 6.42 Å². The predicted molar refractivity (Wildman–Crippen MR) is 99.2 cm³/mol. The van der Waals surface area contributed by atoms with Crippen molar-refractivity contribution in [1.82, 2.24) is 10.9 Å². The lowest BCUT2D eigenvalue weighted by molar-refractivity contribution is -0.121. The molecule has 3 rings (SSSR count). The lowest BCUT2D eigenvalue weighted by Crippen LogP contribution is -2.42. The molecular formula is C21H20N2O2. The molecule has 0 spiro atoms. The largest absolute Gasteiger partial charge is 0.273 e. The maximum Gasteiger partial charge on any atom is 0.269 e. The molecule has 0 aliphatic carbocycles. The standard InChI is InChI=1S/C21H20N2O2/c1-14-10-11-18(15(2)12-14)21(25)23-22-20(24)13-17-8-5-7-16-6-3-4-9-19(16)17/h3-12H,13H2,1-2H3,(H,22,24)(H,23,25). The molecule has 4 nitrogen and oxygen atoms in total. The number of amides is 2. The van der Waals surface area contributed by atoms with E-state index in [-0.39, 0.29) is 18.2 Å². The summed E-state index contributed by atoms with van der Waals surface area (Å²) in [5.41, 5.74) is 8.43. The second-order valence-corrected chi connectivity index (χ2v) is 6.14. The highest BCUT2D eigenvalue weighted by Crippen LogP contribution is 2.18. The average Bonchev–Trinajstić information content (AvgIpc) is 2.60. The molecule has 25 heavy (non-hydrogen) atoms. The van der Waals surface area contributed by atoms with Crippen molar-refractivity contribution in [3.63, 3.8) is 0 Å². The van der Waals surface area contributed by atoms with Crippen LogP contribution in [0.1, 0.15) is 27.0 Å². The zero-order valence-electron chi connectivity index (χ0n) is 14.3. The third-order valence-corrected chi connectivity index (χ3v) is 4.17. The fraction of sp³-hybridized carbons (Fsp3) is 0.143. The summed E-state index contributed by atoms with van der Waals surface area (Å²) in [6.45, 7) is 3.85. The van der Waals surface area contributed by atoms with E-state index in [2.05, 4.69) is 10.9 Å². The van der Waals surface area contributed by atoms with Crippen LogP contribution in [0.25, 0.3) is 10.8 Å². The summed E-state index contributed by atoms with van der Waals surface area (Å²) in [7, 11) is 0. The molecule has 0 radical (unpaired) electrons. The minimum Gasteiger partial charge on any atom is -0.273 e. The zero-order chi connectivity index (χ0) is 17.8. The molecule has 126 valence electrons. The maximum atomic E-state index is 12.2. The minimum absolute atomic E-state index is 0.203. The van der Waals surface area contributed by atoms with Gasteiger partial charge in [-0.1, -0.05) is 60.2 Å². The van der Waals surface area contributed by atoms with Gasteiger partial charge in [0.1, 0.15) is 0 Å². The summed E-state index contributed by atoms with van der Waals surface area (Å²) < 4.78 is 0. The number of aryl methyl sites for hydroxylation is 2. The molecule has 2 amide bonds. The van der Waals surface area contributed by atoms with Crippen molar-refractivity contribution in [3.8, 4) is 0 Å². The Bertz CT molecular complexity index is 942. The van der Waals surface area contributed by atoms with E-state index in [0.717, 1.165) is 27.5 Å². The molecule has 0 atom stereocenters. The summed E-state index contributed by atoms with van der Waals surface area (Å²) in [5.74, 6) is -0.571. The van der Waals surface area contributed by atoms with Crippen molar-refractivity contribution in [2.45, 2.75) is 20.3 Å². The van der Waals surface area contributed by atoms with E-state index in [1.54, 1.807) is 6.07 Å². The van der Waals surface area contributed by atoms with Crippen molar-refractivity contribution >= 4 is 22.6 Å². The average molecular weight is 332 g/mol. The molecule has 2 N–H and O–H groups in total. The Kier molecular flexibility index (Phi) is 4.80. The molecule has 0 aromatic heterocycles. The normalized spacial score (nSPS) is 10.5. The lowest BCUT2D eigenvalue weighted by Gasteiger charge is -2.11. The fourth-order valence-corrected chi connectivity index (χ4v) is 2.93. The van der Waals surface area contributed by atoms with Gasteiger partial charge in [-0.05, 0) is 41.8 Å². The summed E-state index contributed by atoms with van der Waals surface area (Å²) in [5, 5.41) is 2.13. The van der Waals surface area contributed by atoms with Crippen molar-refractivity contribution in [2.75, 3.05) is 0 Å². The highest BCUT2D eigenvalue weighted by Gasteiger charge is 2.11. The molecule has 0 bridgehead atoms. The second kappa shape index (κ2) is 7.18. The molecular weight excluding hydrogens is 312 g/mol. The van der Waals surface area contributed by atoms with Gasteiger partial charge in [0.15, 0.2) is 0 Å². The van der Waals surface area contributed by atoms with Crippen LogP contribution in [-0.2, 0) is 11.2 Å². The number of rotatable bonds is 3. The Morgan fingerprint density at radius 1 is 0.880 bits per heavy atom. The highest BCUT2D eigenvalue weighted by molar-refractivity contribution is 5.97. The summed E-state index contributed by atoms with van der Waals surface area (Å²) in [6, 6.07) is 19.4. The minimum atomic E-state index is -0.316. The van der Waals surface area contributed by atoms with E-state index < -0.39 is 0 Å². The molecule has 0 unspecified atom stereocenters. The van der Waals surface area contributed by atoms with Gasteiger partial charge in [-0.3, -0.25) is 20.4 Å². The van der Waals surface area contributed by atoms with Crippen LogP contribution in [0.2, 0.25) is 0 Å². The van der Waals surface area contributed by atoms with Crippen LogP contribution < -0.4 is 10.9 Å². The van der Waals surface area contributed by atoms with E-state index in [9.17, 15) is 9.59 Å². The molecule has 0 saturated heterocycles. The number of carbonyl (C=O) groups is 2. The van der Waals surface area contributed by atoms with Crippen LogP contribution in [-0.4, -0.2) is 11.8 Å². The molecule has 0 aliphatic heterocycles. The maximum absolute atomic E-state index is 12.2. The summed E-state index contributed by atoms with van der Waals surface area (Å²) in [4.78, 5) is 24.4. The van der Waals surface area contributed by atoms with Crippen LogP contribution in [0.4, 0.5) is 0 Å². The third kappa shape index (κ3) is 3.86. The third-order valence-electron chi connectivity index (χ3n) is 4.17. The van der Waals surface area contributed by atoms with Crippen LogP contribution in [0.15, 0.2) is 60.7 Å². The first kappa shape index (κ1) is 16.7. The van der Waals surface area contributed by atoms with Gasteiger partial charge in [0.25, 0.3) is 5.91 Å². The van der Waals surface area contributed by atoms with Gasteiger partial charge < -0.3 is 0 Å². The van der Waals surface area contributed by atoms with Gasteiger partial charge >= 0.3 is 0 Å². The van der Waals surface area contributed by atoms with Crippen LogP contribution >= 0.6 is 0 Å². The molecule has 3 aromatic rings. The fourth-order valence-electron chi connectivity index (χ4n) is 2.93. The van der Waals surface area contributed by atoms with Crippen LogP contribution in [0.5, 0.6) is 0 Å². The Morgan fingerprint density at radius 3 is 2.44 bits per heavy atom. The Labute approximate surface area is 146 Å². The van der Waals surface area contributed by atoms with E-state index in [4.69, 9.17) is 0 Å². The topological polar surface area (TPSA) is 58.2 Å². The molecule has 4 heteroatoms. The molecule has 0 fully saturated rings. The van der Waals surface area contributed by atoms with Crippen molar-refractivity contribution in [2.24, 2.45) is 0 Å². The first-order valence-electron chi connectivity index (χ1n) is 8.17. The van der Waals surface area contributed by atoms with Gasteiger partial charge in [-0.25, -0.2) is 0 Å². The van der Waals surface area contributed by atoms with Crippen molar-refractivity contribution in [3.05, 3.63) is 82.9 Å². The summed E-state index contributed by atoms with van der Waals surface area (Å²) >= 11 is 0. The quantitative estimate of drug-likeness (QED) is 0.722. The van der Waals surface area contributed by atoms with Gasteiger partial charge in [0, 0.05) is 5.56 Å². The van der Waals surface area contributed by atoms with Gasteiger partial charge in [-0.2, -0.15) is 0 Å². The lowest BCUT2D eigenvalue weighted by atomic mass is 10.0. The smallest absolute Gasteiger partial charge is 0.269 e. The first-order valence-corrected chi connectivity index (χ1v) is 8.17. The molecule has 0 heterocycles. The van der Waals surface area contributed by atoms with Crippen molar-refractivity contribution in [1.29, 1.82) is 0 Å². The number of hydrogen-bond acceptors (Lipinski definition) is 2. The van der Waals surface area contributed by atoms with Gasteiger partial charge in [-0.15, -0.1) is 0 Å². The number of nitrogens with one attached hydrogen (secondary N) is 2. The Hall–Kier alpha value is -3.14.